The van der Waals surface area contributed by atoms with Crippen LogP contribution in [0.15, 0.2) is 30.3 Å². The Morgan fingerprint density at radius 3 is 2.54 bits per heavy atom. The van der Waals surface area contributed by atoms with Crippen LogP contribution in [-0.2, 0) is 17.6 Å². The van der Waals surface area contributed by atoms with Crippen LogP contribution in [0.1, 0.15) is 67.1 Å². The normalized spacial score (nSPS) is 15.3. The molecule has 3 aromatic rings. The van der Waals surface area contributed by atoms with Gasteiger partial charge in [0.25, 0.3) is 0 Å². The van der Waals surface area contributed by atoms with Gasteiger partial charge >= 0.3 is 29.6 Å². The van der Waals surface area contributed by atoms with Crippen LogP contribution in [0.2, 0.25) is 0 Å². The average molecular weight is 506 g/mol. The molecule has 0 saturated carbocycles. The number of thiophene rings is 1. The molecule has 0 saturated heterocycles. The molecule has 2 aromatic heterocycles. The second kappa shape index (κ2) is 12.1. The summed E-state index contributed by atoms with van der Waals surface area (Å²) in [6, 6.07) is 6.46. The van der Waals surface area contributed by atoms with Crippen molar-refractivity contribution in [2.45, 2.75) is 70.5 Å². The first-order valence-corrected chi connectivity index (χ1v) is 12.5. The summed E-state index contributed by atoms with van der Waals surface area (Å²) in [5.74, 6) is -1.57. The molecule has 0 fully saturated rings. The van der Waals surface area contributed by atoms with Crippen molar-refractivity contribution in [3.63, 3.8) is 0 Å². The number of carbonyl (C=O) groups is 1. The maximum absolute atomic E-state index is 13.8. The van der Waals surface area contributed by atoms with Crippen molar-refractivity contribution in [2.75, 3.05) is 0 Å². The number of fused-ring (bicyclic) bond motifs is 3. The van der Waals surface area contributed by atoms with Crippen LogP contribution < -0.4 is 34.7 Å². The molecule has 2 heterocycles. The Morgan fingerprint density at radius 2 is 1.89 bits per heavy atom. The minimum absolute atomic E-state index is 0. The van der Waals surface area contributed by atoms with Gasteiger partial charge in [-0.1, -0.05) is 38.1 Å². The first-order valence-electron chi connectivity index (χ1n) is 11.7. The van der Waals surface area contributed by atoms with E-state index >= 15 is 0 Å². The second-order valence-electron chi connectivity index (χ2n) is 9.23. The van der Waals surface area contributed by atoms with Gasteiger partial charge in [-0.05, 0) is 54.9 Å². The van der Waals surface area contributed by atoms with E-state index in [1.807, 2.05) is 6.08 Å². The molecule has 2 N–H and O–H groups in total. The predicted octanol–water partition coefficient (Wildman–Crippen LogP) is 1.37. The topological polar surface area (TPSA) is 93.5 Å². The van der Waals surface area contributed by atoms with Gasteiger partial charge in [0.1, 0.15) is 10.6 Å². The summed E-state index contributed by atoms with van der Waals surface area (Å²) in [6.45, 7) is 4.13. The molecule has 8 heteroatoms. The second-order valence-corrected chi connectivity index (χ2v) is 10.3. The summed E-state index contributed by atoms with van der Waals surface area (Å²) < 4.78 is 13.8. The summed E-state index contributed by atoms with van der Waals surface area (Å²) in [4.78, 5) is 18.1. The number of aromatic nitrogens is 1. The van der Waals surface area contributed by atoms with Gasteiger partial charge in [-0.15, -0.1) is 11.3 Å². The number of hydrogen-bond acceptors (Lipinski definition) is 6. The molecule has 0 spiro atoms. The third-order valence-electron chi connectivity index (χ3n) is 6.25. The quantitative estimate of drug-likeness (QED) is 0.451. The van der Waals surface area contributed by atoms with E-state index in [1.54, 1.807) is 29.5 Å². The Bertz CT molecular complexity index is 1220. The summed E-state index contributed by atoms with van der Waals surface area (Å²) in [5.41, 5.74) is 4.91. The van der Waals surface area contributed by atoms with Crippen LogP contribution in [0.5, 0.6) is 0 Å². The first kappa shape index (κ1) is 28.0. The van der Waals surface area contributed by atoms with Gasteiger partial charge in [-0.25, -0.2) is 9.37 Å². The molecular formula is C27H29FNNaO4S. The Kier molecular flexibility index (Phi) is 9.66. The Balaban J connectivity index is 0.00000342. The SMILES string of the molecule is CC(C)c1nc2sc3c(c2c(-c2ccc(F)cc2)c1/C=C/[C@@H](O)C[C@@H](O)CC(=O)[O-])CCCC3.[Na+]. The van der Waals surface area contributed by atoms with Crippen LogP contribution in [0.3, 0.4) is 0 Å². The van der Waals surface area contributed by atoms with Gasteiger partial charge < -0.3 is 20.1 Å². The summed E-state index contributed by atoms with van der Waals surface area (Å²) in [6.07, 6.45) is 4.79. The van der Waals surface area contributed by atoms with Crippen LogP contribution in [-0.4, -0.2) is 33.4 Å². The molecule has 1 aliphatic rings. The summed E-state index contributed by atoms with van der Waals surface area (Å²) >= 11 is 1.74. The Hall–Kier alpha value is -1.61. The van der Waals surface area contributed by atoms with Crippen LogP contribution in [0, 0.1) is 5.82 Å². The maximum Gasteiger partial charge on any atom is 1.00 e. The van der Waals surface area contributed by atoms with Crippen molar-refractivity contribution >= 4 is 33.6 Å². The first-order chi connectivity index (χ1) is 16.2. The zero-order chi connectivity index (χ0) is 24.4. The van der Waals surface area contributed by atoms with E-state index in [-0.39, 0.29) is 47.7 Å². The van der Waals surface area contributed by atoms with Gasteiger partial charge in [0.05, 0.1) is 17.9 Å². The van der Waals surface area contributed by atoms with Gasteiger partial charge in [0, 0.05) is 40.2 Å². The van der Waals surface area contributed by atoms with Gasteiger partial charge in [0.2, 0.25) is 0 Å². The number of aliphatic carboxylic acids is 1. The third kappa shape index (κ3) is 6.40. The number of carboxylic acid groups (broad SMARTS) is 1. The number of aliphatic hydroxyl groups is 2. The minimum atomic E-state index is -1.36. The number of halogens is 1. The van der Waals surface area contributed by atoms with Crippen LogP contribution in [0.4, 0.5) is 4.39 Å². The fourth-order valence-electron chi connectivity index (χ4n) is 4.69. The number of aliphatic hydroxyl groups excluding tert-OH is 2. The van der Waals surface area contributed by atoms with Crippen molar-refractivity contribution in [2.24, 2.45) is 0 Å². The fourth-order valence-corrected chi connectivity index (χ4v) is 5.96. The number of rotatable bonds is 8. The number of aryl methyl sites for hydroxylation is 2. The standard InChI is InChI=1S/C27H30FNO4S.Na/c1-15(2)26-21(12-11-18(30)13-19(31)14-23(32)33)24(16-7-9-17(28)10-8-16)25-20-5-3-4-6-22(20)34-27(25)29-26;/h7-12,15,18-19,30-31H,3-6,13-14H2,1-2H3,(H,32,33);/q;+1/p-1/b12-11+;/t18-,19-;/m1./s1. The maximum atomic E-state index is 13.8. The third-order valence-corrected chi connectivity index (χ3v) is 7.44. The molecule has 5 nitrogen and oxygen atoms in total. The number of pyridine rings is 1. The molecule has 1 aromatic carbocycles. The van der Waals surface area contributed by atoms with E-state index < -0.39 is 24.6 Å². The summed E-state index contributed by atoms with van der Waals surface area (Å²) in [7, 11) is 0. The average Bonchev–Trinajstić information content (AvgIpc) is 3.15. The molecule has 0 aliphatic heterocycles. The largest absolute Gasteiger partial charge is 1.00 e. The van der Waals surface area contributed by atoms with Crippen molar-refractivity contribution in [1.82, 2.24) is 4.98 Å². The molecular weight excluding hydrogens is 476 g/mol. The van der Waals surface area contributed by atoms with Gasteiger partial charge in [0.15, 0.2) is 0 Å². The Morgan fingerprint density at radius 1 is 1.20 bits per heavy atom. The van der Waals surface area contributed by atoms with E-state index in [0.717, 1.165) is 58.3 Å². The number of nitrogens with zero attached hydrogens (tertiary/aromatic N) is 1. The molecule has 0 amide bonds. The molecule has 4 rings (SSSR count). The molecule has 35 heavy (non-hydrogen) atoms. The van der Waals surface area contributed by atoms with Crippen molar-refractivity contribution in [3.8, 4) is 11.1 Å². The molecule has 0 unspecified atom stereocenters. The minimum Gasteiger partial charge on any atom is -0.550 e. The van der Waals surface area contributed by atoms with E-state index in [4.69, 9.17) is 4.98 Å². The van der Waals surface area contributed by atoms with Gasteiger partial charge in [-0.3, -0.25) is 0 Å². The van der Waals surface area contributed by atoms with E-state index in [0.29, 0.717) is 0 Å². The van der Waals surface area contributed by atoms with E-state index in [9.17, 15) is 24.5 Å². The zero-order valence-corrected chi connectivity index (χ0v) is 23.2. The molecule has 0 bridgehead atoms. The van der Waals surface area contributed by atoms with Crippen LogP contribution >= 0.6 is 11.3 Å². The van der Waals surface area contributed by atoms with Crippen molar-refractivity contribution < 1.29 is 54.1 Å². The number of hydrogen-bond donors (Lipinski definition) is 2. The number of carboxylic acids is 1. The smallest absolute Gasteiger partial charge is 0.550 e. The van der Waals surface area contributed by atoms with Crippen molar-refractivity contribution in [3.05, 3.63) is 57.9 Å². The molecule has 1 aliphatic carbocycles. The predicted molar refractivity (Wildman–Crippen MR) is 131 cm³/mol. The van der Waals surface area contributed by atoms with E-state index in [1.165, 1.54) is 22.6 Å². The molecule has 180 valence electrons. The van der Waals surface area contributed by atoms with Gasteiger partial charge in [-0.2, -0.15) is 0 Å². The fraction of sp³-hybridized carbons (Fsp3) is 0.407. The monoisotopic (exact) mass is 505 g/mol. The van der Waals surface area contributed by atoms with Crippen molar-refractivity contribution in [1.29, 1.82) is 0 Å². The zero-order valence-electron chi connectivity index (χ0n) is 20.4. The van der Waals surface area contributed by atoms with Crippen LogP contribution in [0.25, 0.3) is 27.4 Å². The number of benzene rings is 1. The molecule has 0 radical (unpaired) electrons. The summed E-state index contributed by atoms with van der Waals surface area (Å²) in [5, 5.41) is 32.2. The number of carbonyl (C=O) groups excluding carboxylic acids is 1. The van der Waals surface area contributed by atoms with E-state index in [2.05, 4.69) is 13.8 Å². The molecule has 2 atom stereocenters. The Labute approximate surface area is 231 Å².